The Balaban J connectivity index is 2.88. The van der Waals surface area contributed by atoms with Gasteiger partial charge >= 0.3 is 5.56 Å². The standard InChI is InChI=1S/C7H11N3O4/c1-7(4-11,5-12)14-10-6(13)2-3-8-9-10/h2-3,11-12H,4-5H2,1H3. The van der Waals surface area contributed by atoms with E-state index in [1.165, 1.54) is 13.1 Å². The van der Waals surface area contributed by atoms with Crippen molar-refractivity contribution >= 4 is 0 Å². The van der Waals surface area contributed by atoms with Crippen molar-refractivity contribution in [2.24, 2.45) is 0 Å². The van der Waals surface area contributed by atoms with E-state index in [1.807, 2.05) is 0 Å². The number of hydrogen-bond donors (Lipinski definition) is 2. The molecule has 1 aromatic rings. The van der Waals surface area contributed by atoms with E-state index < -0.39 is 24.4 Å². The molecule has 14 heavy (non-hydrogen) atoms. The molecule has 2 N–H and O–H groups in total. The molecule has 0 aliphatic carbocycles. The van der Waals surface area contributed by atoms with E-state index in [2.05, 4.69) is 10.3 Å². The van der Waals surface area contributed by atoms with Crippen molar-refractivity contribution in [2.75, 3.05) is 13.2 Å². The van der Waals surface area contributed by atoms with E-state index in [0.29, 0.717) is 4.85 Å². The van der Waals surface area contributed by atoms with Crippen LogP contribution in [0.4, 0.5) is 0 Å². The molecule has 0 bridgehead atoms. The van der Waals surface area contributed by atoms with Gasteiger partial charge in [0.1, 0.15) is 0 Å². The molecule has 0 saturated heterocycles. The fraction of sp³-hybridized carbons (Fsp3) is 0.571. The molecule has 1 rings (SSSR count). The van der Waals surface area contributed by atoms with Crippen LogP contribution >= 0.6 is 0 Å². The summed E-state index contributed by atoms with van der Waals surface area (Å²) < 4.78 is 0. The Morgan fingerprint density at radius 1 is 1.57 bits per heavy atom. The molecular formula is C7H11N3O4. The minimum atomic E-state index is -1.25. The fourth-order valence-electron chi connectivity index (χ4n) is 0.661. The summed E-state index contributed by atoms with van der Waals surface area (Å²) in [6, 6.07) is 1.15. The number of nitrogens with zero attached hydrogens (tertiary/aromatic N) is 3. The van der Waals surface area contributed by atoms with Crippen LogP contribution < -0.4 is 10.4 Å². The van der Waals surface area contributed by atoms with Crippen LogP contribution in [-0.4, -0.2) is 44.2 Å². The van der Waals surface area contributed by atoms with Gasteiger partial charge in [0.05, 0.1) is 19.4 Å². The molecule has 1 heterocycles. The molecule has 0 radical (unpaired) electrons. The largest absolute Gasteiger partial charge is 0.392 e. The summed E-state index contributed by atoms with van der Waals surface area (Å²) in [7, 11) is 0. The zero-order valence-electron chi connectivity index (χ0n) is 7.62. The van der Waals surface area contributed by atoms with E-state index in [9.17, 15) is 4.79 Å². The second kappa shape index (κ2) is 4.16. The molecule has 0 spiro atoms. The summed E-state index contributed by atoms with van der Waals surface area (Å²) in [4.78, 5) is 16.7. The SMILES string of the molecule is CC(CO)(CO)On1nnccc1=O. The van der Waals surface area contributed by atoms with Crippen molar-refractivity contribution in [3.05, 3.63) is 22.6 Å². The quantitative estimate of drug-likeness (QED) is 0.574. The number of aliphatic hydroxyl groups excluding tert-OH is 2. The van der Waals surface area contributed by atoms with Gasteiger partial charge in [-0.15, -0.1) is 5.10 Å². The Kier molecular flexibility index (Phi) is 3.15. The van der Waals surface area contributed by atoms with Crippen LogP contribution in [-0.2, 0) is 0 Å². The fourth-order valence-corrected chi connectivity index (χ4v) is 0.661. The lowest BCUT2D eigenvalue weighted by atomic mass is 10.1. The first kappa shape index (κ1) is 10.6. The first-order valence-electron chi connectivity index (χ1n) is 3.93. The Bertz CT molecular complexity index is 347. The van der Waals surface area contributed by atoms with Gasteiger partial charge in [0.2, 0.25) is 0 Å². The zero-order chi connectivity index (χ0) is 10.6. The number of aliphatic hydroxyl groups is 2. The maximum absolute atomic E-state index is 11.1. The minimum Gasteiger partial charge on any atom is -0.392 e. The topological polar surface area (TPSA) is 97.5 Å². The molecule has 0 atom stereocenters. The molecule has 7 nitrogen and oxygen atoms in total. The van der Waals surface area contributed by atoms with Crippen LogP contribution in [0.15, 0.2) is 17.1 Å². The molecule has 0 aromatic carbocycles. The molecule has 78 valence electrons. The predicted molar refractivity (Wildman–Crippen MR) is 45.4 cm³/mol. The summed E-state index contributed by atoms with van der Waals surface area (Å²) in [5.74, 6) is 0. The van der Waals surface area contributed by atoms with Gasteiger partial charge in [-0.1, -0.05) is 0 Å². The van der Waals surface area contributed by atoms with Crippen molar-refractivity contribution in [2.45, 2.75) is 12.5 Å². The Morgan fingerprint density at radius 2 is 2.21 bits per heavy atom. The second-order valence-electron chi connectivity index (χ2n) is 2.99. The van der Waals surface area contributed by atoms with Gasteiger partial charge in [0, 0.05) is 6.07 Å². The third kappa shape index (κ3) is 2.27. The Hall–Kier alpha value is -1.47. The van der Waals surface area contributed by atoms with Crippen molar-refractivity contribution in [3.8, 4) is 0 Å². The van der Waals surface area contributed by atoms with E-state index in [-0.39, 0.29) is 0 Å². The molecule has 7 heteroatoms. The summed E-state index contributed by atoms with van der Waals surface area (Å²) >= 11 is 0. The van der Waals surface area contributed by atoms with Gasteiger partial charge < -0.3 is 15.1 Å². The normalized spacial score (nSPS) is 11.4. The molecule has 0 aliphatic rings. The average Bonchev–Trinajstić information content (AvgIpc) is 2.21. The van der Waals surface area contributed by atoms with Crippen LogP contribution in [0.1, 0.15) is 6.92 Å². The summed E-state index contributed by atoms with van der Waals surface area (Å²) in [6.45, 7) is 0.563. The van der Waals surface area contributed by atoms with Gasteiger partial charge in [-0.2, -0.15) is 0 Å². The molecule has 0 amide bonds. The average molecular weight is 201 g/mol. The van der Waals surface area contributed by atoms with Gasteiger partial charge in [-0.3, -0.25) is 4.79 Å². The molecule has 0 saturated carbocycles. The zero-order valence-corrected chi connectivity index (χ0v) is 7.62. The predicted octanol–water partition coefficient (Wildman–Crippen LogP) is -2.19. The third-order valence-corrected chi connectivity index (χ3v) is 1.58. The van der Waals surface area contributed by atoms with E-state index in [1.54, 1.807) is 0 Å². The number of hydrogen-bond acceptors (Lipinski definition) is 6. The Morgan fingerprint density at radius 3 is 2.71 bits per heavy atom. The summed E-state index contributed by atoms with van der Waals surface area (Å²) in [6.07, 6.45) is 1.22. The van der Waals surface area contributed by atoms with Crippen LogP contribution in [0.3, 0.4) is 0 Å². The number of rotatable bonds is 4. The lowest BCUT2D eigenvalue weighted by molar-refractivity contribution is -0.119. The highest BCUT2D eigenvalue weighted by Gasteiger charge is 2.26. The van der Waals surface area contributed by atoms with Crippen LogP contribution in [0.5, 0.6) is 0 Å². The van der Waals surface area contributed by atoms with Gasteiger partial charge in [-0.25, -0.2) is 0 Å². The number of aromatic nitrogens is 3. The van der Waals surface area contributed by atoms with Crippen LogP contribution in [0.25, 0.3) is 0 Å². The molecule has 0 fully saturated rings. The highest BCUT2D eigenvalue weighted by Crippen LogP contribution is 2.01. The van der Waals surface area contributed by atoms with E-state index in [4.69, 9.17) is 15.1 Å². The first-order valence-corrected chi connectivity index (χ1v) is 3.93. The van der Waals surface area contributed by atoms with Crippen LogP contribution in [0.2, 0.25) is 0 Å². The van der Waals surface area contributed by atoms with Crippen molar-refractivity contribution in [3.63, 3.8) is 0 Å². The minimum absolute atomic E-state index is 0.438. The van der Waals surface area contributed by atoms with Gasteiger partial charge in [-0.05, 0) is 17.0 Å². The Labute approximate surface area is 79.5 Å². The molecular weight excluding hydrogens is 190 g/mol. The maximum atomic E-state index is 11.1. The maximum Gasteiger partial charge on any atom is 0.306 e. The van der Waals surface area contributed by atoms with Crippen LogP contribution in [0, 0.1) is 0 Å². The summed E-state index contributed by atoms with van der Waals surface area (Å²) in [5.41, 5.74) is -1.77. The lowest BCUT2D eigenvalue weighted by Crippen LogP contribution is -2.48. The molecule has 1 aromatic heterocycles. The molecule has 0 aliphatic heterocycles. The first-order chi connectivity index (χ1) is 6.61. The van der Waals surface area contributed by atoms with Crippen molar-refractivity contribution < 1.29 is 15.1 Å². The lowest BCUT2D eigenvalue weighted by Gasteiger charge is -2.24. The smallest absolute Gasteiger partial charge is 0.306 e. The van der Waals surface area contributed by atoms with Gasteiger partial charge in [0.25, 0.3) is 0 Å². The van der Waals surface area contributed by atoms with Crippen molar-refractivity contribution in [1.82, 2.24) is 15.2 Å². The van der Waals surface area contributed by atoms with E-state index >= 15 is 0 Å². The van der Waals surface area contributed by atoms with Crippen molar-refractivity contribution in [1.29, 1.82) is 0 Å². The monoisotopic (exact) mass is 201 g/mol. The van der Waals surface area contributed by atoms with Gasteiger partial charge in [0.15, 0.2) is 5.60 Å². The second-order valence-corrected chi connectivity index (χ2v) is 2.99. The third-order valence-electron chi connectivity index (χ3n) is 1.58. The molecule has 0 unspecified atom stereocenters. The van der Waals surface area contributed by atoms with E-state index in [0.717, 1.165) is 6.07 Å². The highest BCUT2D eigenvalue weighted by molar-refractivity contribution is 4.77. The highest BCUT2D eigenvalue weighted by atomic mass is 16.7. The summed E-state index contributed by atoms with van der Waals surface area (Å²) in [5, 5.41) is 24.6.